The first-order valence-corrected chi connectivity index (χ1v) is 5.80. The molecule has 1 aliphatic rings. The van der Waals surface area contributed by atoms with Crippen molar-refractivity contribution in [3.8, 4) is 0 Å². The Hall–Kier alpha value is -0.610. The molecule has 0 saturated carbocycles. The maximum Gasteiger partial charge on any atom is 0.320 e. The van der Waals surface area contributed by atoms with Crippen molar-refractivity contribution < 1.29 is 15.0 Å². The van der Waals surface area contributed by atoms with E-state index in [1.807, 2.05) is 11.8 Å². The highest BCUT2D eigenvalue weighted by Gasteiger charge is 2.27. The molecule has 2 unspecified atom stereocenters. The van der Waals surface area contributed by atoms with Crippen LogP contribution < -0.4 is 0 Å². The van der Waals surface area contributed by atoms with Gasteiger partial charge in [-0.15, -0.1) is 0 Å². The van der Waals surface area contributed by atoms with Gasteiger partial charge in [-0.1, -0.05) is 19.8 Å². The fourth-order valence-corrected chi connectivity index (χ4v) is 2.07. The zero-order chi connectivity index (χ0) is 11.3. The SMILES string of the molecule is CCC(O)CN1CCCCCC1C(=O)O. The number of hydrogen-bond acceptors (Lipinski definition) is 3. The van der Waals surface area contributed by atoms with Crippen molar-refractivity contribution in [1.29, 1.82) is 0 Å². The van der Waals surface area contributed by atoms with Crippen LogP contribution >= 0.6 is 0 Å². The van der Waals surface area contributed by atoms with Crippen molar-refractivity contribution in [1.82, 2.24) is 4.90 Å². The zero-order valence-corrected chi connectivity index (χ0v) is 9.35. The summed E-state index contributed by atoms with van der Waals surface area (Å²) in [5.74, 6) is -0.750. The molecule has 0 aliphatic carbocycles. The monoisotopic (exact) mass is 215 g/mol. The summed E-state index contributed by atoms with van der Waals surface area (Å²) in [6, 6.07) is -0.395. The predicted octanol–water partition coefficient (Wildman–Crippen LogP) is 1.09. The molecule has 15 heavy (non-hydrogen) atoms. The van der Waals surface area contributed by atoms with Gasteiger partial charge in [0, 0.05) is 6.54 Å². The number of aliphatic hydroxyl groups is 1. The number of hydrogen-bond donors (Lipinski definition) is 2. The van der Waals surface area contributed by atoms with Gasteiger partial charge in [0.15, 0.2) is 0 Å². The van der Waals surface area contributed by atoms with Crippen LogP contribution in [0.5, 0.6) is 0 Å². The van der Waals surface area contributed by atoms with Gasteiger partial charge in [0.25, 0.3) is 0 Å². The summed E-state index contributed by atoms with van der Waals surface area (Å²) in [6.45, 7) is 3.21. The molecule has 0 amide bonds. The lowest BCUT2D eigenvalue weighted by molar-refractivity contribution is -0.143. The smallest absolute Gasteiger partial charge is 0.320 e. The minimum absolute atomic E-state index is 0.395. The number of aliphatic hydroxyl groups excluding tert-OH is 1. The number of nitrogens with zero attached hydrogens (tertiary/aromatic N) is 1. The van der Waals surface area contributed by atoms with Crippen LogP contribution in [0.25, 0.3) is 0 Å². The van der Waals surface area contributed by atoms with Gasteiger partial charge in [-0.3, -0.25) is 9.69 Å². The van der Waals surface area contributed by atoms with Crippen molar-refractivity contribution in [3.63, 3.8) is 0 Å². The van der Waals surface area contributed by atoms with E-state index in [4.69, 9.17) is 5.11 Å². The Kier molecular flexibility index (Phi) is 5.05. The van der Waals surface area contributed by atoms with Gasteiger partial charge >= 0.3 is 5.97 Å². The minimum atomic E-state index is -0.750. The van der Waals surface area contributed by atoms with E-state index in [1.165, 1.54) is 0 Å². The largest absolute Gasteiger partial charge is 0.480 e. The van der Waals surface area contributed by atoms with E-state index in [0.29, 0.717) is 19.4 Å². The molecule has 2 atom stereocenters. The Bertz CT molecular complexity index is 208. The number of likely N-dealkylation sites (tertiary alicyclic amines) is 1. The first-order valence-electron chi connectivity index (χ1n) is 5.80. The Morgan fingerprint density at radius 3 is 2.80 bits per heavy atom. The highest BCUT2D eigenvalue weighted by molar-refractivity contribution is 5.73. The fourth-order valence-electron chi connectivity index (χ4n) is 2.07. The number of aliphatic carboxylic acids is 1. The molecule has 1 aliphatic heterocycles. The van der Waals surface area contributed by atoms with Gasteiger partial charge < -0.3 is 10.2 Å². The maximum absolute atomic E-state index is 11.1. The quantitative estimate of drug-likeness (QED) is 0.737. The van der Waals surface area contributed by atoms with Crippen molar-refractivity contribution in [3.05, 3.63) is 0 Å². The lowest BCUT2D eigenvalue weighted by Gasteiger charge is -2.28. The molecule has 0 bridgehead atoms. The Balaban J connectivity index is 2.57. The van der Waals surface area contributed by atoms with Gasteiger partial charge in [0.2, 0.25) is 0 Å². The van der Waals surface area contributed by atoms with Crippen LogP contribution in [0, 0.1) is 0 Å². The summed E-state index contributed by atoms with van der Waals surface area (Å²) in [7, 11) is 0. The van der Waals surface area contributed by atoms with Crippen molar-refractivity contribution in [2.45, 2.75) is 51.2 Å². The molecule has 88 valence electrons. The molecule has 1 heterocycles. The number of β-amino-alcohol motifs (C(OH)–C–C–N with tert-alkyl or cyclic N) is 1. The van der Waals surface area contributed by atoms with Gasteiger partial charge in [-0.25, -0.2) is 0 Å². The molecule has 1 fully saturated rings. The second kappa shape index (κ2) is 6.08. The van der Waals surface area contributed by atoms with Crippen LogP contribution in [0.15, 0.2) is 0 Å². The van der Waals surface area contributed by atoms with E-state index in [9.17, 15) is 9.90 Å². The molecule has 4 heteroatoms. The topological polar surface area (TPSA) is 60.8 Å². The van der Waals surface area contributed by atoms with Crippen LogP contribution in [-0.4, -0.2) is 46.3 Å². The first kappa shape index (κ1) is 12.5. The fraction of sp³-hybridized carbons (Fsp3) is 0.909. The molecular weight excluding hydrogens is 194 g/mol. The highest BCUT2D eigenvalue weighted by atomic mass is 16.4. The molecule has 0 aromatic rings. The molecule has 4 nitrogen and oxygen atoms in total. The average Bonchev–Trinajstić information content (AvgIpc) is 2.43. The second-order valence-electron chi connectivity index (χ2n) is 4.26. The van der Waals surface area contributed by atoms with E-state index < -0.39 is 18.1 Å². The number of carboxylic acid groups (broad SMARTS) is 1. The summed E-state index contributed by atoms with van der Waals surface area (Å²) in [5.41, 5.74) is 0. The van der Waals surface area contributed by atoms with Crippen LogP contribution in [0.3, 0.4) is 0 Å². The third-order valence-corrected chi connectivity index (χ3v) is 3.07. The van der Waals surface area contributed by atoms with Crippen molar-refractivity contribution >= 4 is 5.97 Å². The lowest BCUT2D eigenvalue weighted by atomic mass is 10.1. The van der Waals surface area contributed by atoms with Crippen LogP contribution in [-0.2, 0) is 4.79 Å². The van der Waals surface area contributed by atoms with Gasteiger partial charge in [-0.2, -0.15) is 0 Å². The van der Waals surface area contributed by atoms with Crippen molar-refractivity contribution in [2.75, 3.05) is 13.1 Å². The molecule has 0 aromatic carbocycles. The Labute approximate surface area is 90.9 Å². The summed E-state index contributed by atoms with van der Waals surface area (Å²) in [6.07, 6.45) is 4.12. The third kappa shape index (κ3) is 3.80. The van der Waals surface area contributed by atoms with Gasteiger partial charge in [0.05, 0.1) is 6.10 Å². The Morgan fingerprint density at radius 1 is 1.47 bits per heavy atom. The van der Waals surface area contributed by atoms with E-state index >= 15 is 0 Å². The molecule has 0 spiro atoms. The van der Waals surface area contributed by atoms with E-state index in [2.05, 4.69) is 0 Å². The maximum atomic E-state index is 11.1. The average molecular weight is 215 g/mol. The van der Waals surface area contributed by atoms with E-state index in [-0.39, 0.29) is 0 Å². The lowest BCUT2D eigenvalue weighted by Crippen LogP contribution is -2.44. The normalized spacial score (nSPS) is 25.9. The summed E-state index contributed by atoms with van der Waals surface area (Å²) in [5, 5.41) is 18.7. The van der Waals surface area contributed by atoms with Crippen LogP contribution in [0.4, 0.5) is 0 Å². The molecule has 0 radical (unpaired) electrons. The zero-order valence-electron chi connectivity index (χ0n) is 9.35. The standard InChI is InChI=1S/C11H21NO3/c1-2-9(13)8-12-7-5-3-4-6-10(12)11(14)15/h9-10,13H,2-8H2,1H3,(H,14,15). The molecule has 0 aromatic heterocycles. The van der Waals surface area contributed by atoms with Crippen LogP contribution in [0.1, 0.15) is 39.0 Å². The summed E-state index contributed by atoms with van der Waals surface area (Å²) >= 11 is 0. The third-order valence-electron chi connectivity index (χ3n) is 3.07. The Morgan fingerprint density at radius 2 is 2.20 bits per heavy atom. The highest BCUT2D eigenvalue weighted by Crippen LogP contribution is 2.17. The minimum Gasteiger partial charge on any atom is -0.480 e. The molecule has 2 N–H and O–H groups in total. The number of carboxylic acids is 1. The first-order chi connectivity index (χ1) is 7.15. The number of rotatable bonds is 4. The van der Waals surface area contributed by atoms with Crippen molar-refractivity contribution in [2.24, 2.45) is 0 Å². The predicted molar refractivity (Wildman–Crippen MR) is 57.8 cm³/mol. The number of carbonyl (C=O) groups is 1. The van der Waals surface area contributed by atoms with Gasteiger partial charge in [-0.05, 0) is 25.8 Å². The van der Waals surface area contributed by atoms with Gasteiger partial charge in [0.1, 0.15) is 6.04 Å². The molecular formula is C11H21NO3. The second-order valence-corrected chi connectivity index (χ2v) is 4.26. The molecule has 1 saturated heterocycles. The van der Waals surface area contributed by atoms with E-state index in [1.54, 1.807) is 0 Å². The van der Waals surface area contributed by atoms with Crippen LogP contribution in [0.2, 0.25) is 0 Å². The van der Waals surface area contributed by atoms with E-state index in [0.717, 1.165) is 25.8 Å². The molecule has 1 rings (SSSR count). The summed E-state index contributed by atoms with van der Waals surface area (Å²) < 4.78 is 0. The summed E-state index contributed by atoms with van der Waals surface area (Å²) in [4.78, 5) is 13.0.